The minimum Gasteiger partial charge on any atom is -0.334 e. The van der Waals surface area contributed by atoms with Crippen LogP contribution in [0.2, 0.25) is 0 Å². The molecule has 1 atom stereocenters. The third-order valence-electron chi connectivity index (χ3n) is 3.27. The zero-order valence-electron chi connectivity index (χ0n) is 10.9. The second-order valence-corrected chi connectivity index (χ2v) is 4.95. The second-order valence-electron chi connectivity index (χ2n) is 4.95. The van der Waals surface area contributed by atoms with Crippen LogP contribution in [0.5, 0.6) is 0 Å². The number of rotatable bonds is 6. The van der Waals surface area contributed by atoms with E-state index in [1.165, 1.54) is 12.1 Å². The van der Waals surface area contributed by atoms with Gasteiger partial charge in [-0.1, -0.05) is 18.2 Å². The maximum atomic E-state index is 12.9. The molecule has 1 saturated carbocycles. The Morgan fingerprint density at radius 2 is 2.11 bits per heavy atom. The monoisotopic (exact) mass is 262 g/mol. The summed E-state index contributed by atoms with van der Waals surface area (Å²) in [5.74, 6) is -0.317. The van der Waals surface area contributed by atoms with Crippen LogP contribution in [0.3, 0.4) is 0 Å². The highest BCUT2D eigenvalue weighted by Gasteiger charge is 2.34. The van der Waals surface area contributed by atoms with Gasteiger partial charge in [-0.05, 0) is 37.0 Å². The van der Waals surface area contributed by atoms with Crippen LogP contribution in [-0.2, 0) is 11.3 Å². The summed E-state index contributed by atoms with van der Waals surface area (Å²) in [5.41, 5.74) is 6.77. The Kier molecular flexibility index (Phi) is 4.32. The highest BCUT2D eigenvalue weighted by molar-refractivity contribution is 5.82. The first kappa shape index (κ1) is 13.7. The molecule has 1 aliphatic rings. The van der Waals surface area contributed by atoms with Crippen molar-refractivity contribution in [1.29, 1.82) is 0 Å². The topological polar surface area (TPSA) is 46.3 Å². The fourth-order valence-corrected chi connectivity index (χ4v) is 2.05. The van der Waals surface area contributed by atoms with E-state index in [2.05, 4.69) is 6.58 Å². The Morgan fingerprint density at radius 3 is 2.63 bits per heavy atom. The summed E-state index contributed by atoms with van der Waals surface area (Å²) in [6.07, 6.45) is 4.18. The summed E-state index contributed by atoms with van der Waals surface area (Å²) in [6.45, 7) is 4.10. The first-order chi connectivity index (χ1) is 9.11. The molecule has 2 rings (SSSR count). The molecular weight excluding hydrogens is 243 g/mol. The summed E-state index contributed by atoms with van der Waals surface area (Å²) in [6, 6.07) is 5.99. The Hall–Kier alpha value is -1.68. The largest absolute Gasteiger partial charge is 0.334 e. The van der Waals surface area contributed by atoms with Crippen molar-refractivity contribution in [2.45, 2.75) is 37.9 Å². The molecule has 3 nitrogen and oxygen atoms in total. The number of halogens is 1. The lowest BCUT2D eigenvalue weighted by atomic mass is 10.1. The lowest BCUT2D eigenvalue weighted by Crippen LogP contribution is -2.44. The molecule has 1 aliphatic carbocycles. The molecule has 102 valence electrons. The molecule has 0 spiro atoms. The number of hydrogen-bond donors (Lipinski definition) is 1. The molecule has 1 unspecified atom stereocenters. The summed E-state index contributed by atoms with van der Waals surface area (Å²) < 4.78 is 12.9. The zero-order chi connectivity index (χ0) is 13.8. The standard InChI is InChI=1S/C15H19FN2O/c1-2-3-14(17)15(19)18(13-8-9-13)10-11-4-6-12(16)7-5-11/h2,4-7,13-14H,1,3,8-10,17H2. The van der Waals surface area contributed by atoms with Crippen molar-refractivity contribution in [2.75, 3.05) is 0 Å². The molecule has 0 bridgehead atoms. The predicted molar refractivity (Wildman–Crippen MR) is 72.8 cm³/mol. The van der Waals surface area contributed by atoms with Gasteiger partial charge in [0.05, 0.1) is 6.04 Å². The van der Waals surface area contributed by atoms with Crippen molar-refractivity contribution in [3.63, 3.8) is 0 Å². The Balaban J connectivity index is 2.05. The van der Waals surface area contributed by atoms with Crippen LogP contribution >= 0.6 is 0 Å². The average molecular weight is 262 g/mol. The maximum Gasteiger partial charge on any atom is 0.240 e. The summed E-state index contributed by atoms with van der Waals surface area (Å²) >= 11 is 0. The van der Waals surface area contributed by atoms with Gasteiger partial charge >= 0.3 is 0 Å². The minimum absolute atomic E-state index is 0.0493. The van der Waals surface area contributed by atoms with Crippen LogP contribution in [-0.4, -0.2) is 22.9 Å². The van der Waals surface area contributed by atoms with E-state index < -0.39 is 6.04 Å². The third-order valence-corrected chi connectivity index (χ3v) is 3.27. The summed E-state index contributed by atoms with van der Waals surface area (Å²) in [7, 11) is 0. The molecule has 2 N–H and O–H groups in total. The van der Waals surface area contributed by atoms with Gasteiger partial charge in [0, 0.05) is 12.6 Å². The maximum absolute atomic E-state index is 12.9. The lowest BCUT2D eigenvalue weighted by molar-refractivity contribution is -0.133. The molecule has 0 radical (unpaired) electrons. The van der Waals surface area contributed by atoms with Crippen molar-refractivity contribution in [3.05, 3.63) is 48.3 Å². The molecule has 0 saturated heterocycles. The molecule has 4 heteroatoms. The van der Waals surface area contributed by atoms with E-state index in [9.17, 15) is 9.18 Å². The minimum atomic E-state index is -0.529. The van der Waals surface area contributed by atoms with Gasteiger partial charge in [0.25, 0.3) is 0 Å². The fourth-order valence-electron chi connectivity index (χ4n) is 2.05. The van der Waals surface area contributed by atoms with Gasteiger partial charge in [-0.2, -0.15) is 0 Å². The summed E-state index contributed by atoms with van der Waals surface area (Å²) in [4.78, 5) is 14.1. The normalized spacial score (nSPS) is 15.9. The highest BCUT2D eigenvalue weighted by Crippen LogP contribution is 2.29. The molecule has 1 aromatic carbocycles. The van der Waals surface area contributed by atoms with Crippen molar-refractivity contribution in [1.82, 2.24) is 4.90 Å². The van der Waals surface area contributed by atoms with Gasteiger partial charge < -0.3 is 10.6 Å². The van der Waals surface area contributed by atoms with Gasteiger partial charge in [0.1, 0.15) is 5.82 Å². The Labute approximate surface area is 112 Å². The van der Waals surface area contributed by atoms with E-state index in [-0.39, 0.29) is 17.8 Å². The molecule has 19 heavy (non-hydrogen) atoms. The number of nitrogens with two attached hydrogens (primary N) is 1. The number of carbonyl (C=O) groups is 1. The number of amides is 1. The average Bonchev–Trinajstić information content (AvgIpc) is 3.22. The molecule has 0 aromatic heterocycles. The van der Waals surface area contributed by atoms with Crippen molar-refractivity contribution in [2.24, 2.45) is 5.73 Å². The number of benzene rings is 1. The van der Waals surface area contributed by atoms with Crippen LogP contribution in [0.1, 0.15) is 24.8 Å². The Morgan fingerprint density at radius 1 is 1.47 bits per heavy atom. The molecule has 1 fully saturated rings. The van der Waals surface area contributed by atoms with Crippen molar-refractivity contribution < 1.29 is 9.18 Å². The zero-order valence-corrected chi connectivity index (χ0v) is 10.9. The highest BCUT2D eigenvalue weighted by atomic mass is 19.1. The van der Waals surface area contributed by atoms with Crippen LogP contribution in [0.4, 0.5) is 4.39 Å². The fraction of sp³-hybridized carbons (Fsp3) is 0.400. The SMILES string of the molecule is C=CCC(N)C(=O)N(Cc1ccc(F)cc1)C1CC1. The van der Waals surface area contributed by atoms with Crippen LogP contribution < -0.4 is 5.73 Å². The van der Waals surface area contributed by atoms with Crippen molar-refractivity contribution >= 4 is 5.91 Å². The first-order valence-electron chi connectivity index (χ1n) is 6.53. The van der Waals surface area contributed by atoms with Crippen LogP contribution in [0.25, 0.3) is 0 Å². The smallest absolute Gasteiger partial charge is 0.240 e. The van der Waals surface area contributed by atoms with Gasteiger partial charge in [-0.15, -0.1) is 6.58 Å². The third kappa shape index (κ3) is 3.64. The van der Waals surface area contributed by atoms with E-state index >= 15 is 0 Å². The lowest BCUT2D eigenvalue weighted by Gasteiger charge is -2.25. The second kappa shape index (κ2) is 5.97. The predicted octanol–water partition coefficient (Wildman–Crippen LogP) is 2.22. The molecule has 0 aliphatic heterocycles. The molecular formula is C15H19FN2O. The van der Waals surface area contributed by atoms with E-state index in [0.717, 1.165) is 18.4 Å². The van der Waals surface area contributed by atoms with E-state index in [1.807, 2.05) is 0 Å². The summed E-state index contributed by atoms with van der Waals surface area (Å²) in [5, 5.41) is 0. The van der Waals surface area contributed by atoms with Crippen LogP contribution in [0, 0.1) is 5.82 Å². The van der Waals surface area contributed by atoms with Gasteiger partial charge in [0.15, 0.2) is 0 Å². The van der Waals surface area contributed by atoms with Gasteiger partial charge in [-0.3, -0.25) is 4.79 Å². The van der Waals surface area contributed by atoms with Crippen LogP contribution in [0.15, 0.2) is 36.9 Å². The number of hydrogen-bond acceptors (Lipinski definition) is 2. The molecule has 0 heterocycles. The van der Waals surface area contributed by atoms with E-state index in [4.69, 9.17) is 5.73 Å². The first-order valence-corrected chi connectivity index (χ1v) is 6.53. The van der Waals surface area contributed by atoms with Gasteiger partial charge in [0.2, 0.25) is 5.91 Å². The number of carbonyl (C=O) groups excluding carboxylic acids is 1. The molecule has 1 aromatic rings. The number of nitrogens with zero attached hydrogens (tertiary/aromatic N) is 1. The van der Waals surface area contributed by atoms with Gasteiger partial charge in [-0.25, -0.2) is 4.39 Å². The van der Waals surface area contributed by atoms with E-state index in [1.54, 1.807) is 23.1 Å². The molecule has 1 amide bonds. The quantitative estimate of drug-likeness (QED) is 0.799. The van der Waals surface area contributed by atoms with Crippen molar-refractivity contribution in [3.8, 4) is 0 Å². The Bertz CT molecular complexity index is 454. The van der Waals surface area contributed by atoms with E-state index in [0.29, 0.717) is 13.0 Å².